The lowest BCUT2D eigenvalue weighted by Crippen LogP contribution is -2.02. The van der Waals surface area contributed by atoms with E-state index < -0.39 is 0 Å². The van der Waals surface area contributed by atoms with E-state index in [1.807, 2.05) is 48.3 Å². The minimum Gasteiger partial charge on any atom is -0.497 e. The largest absolute Gasteiger partial charge is 0.497 e. The van der Waals surface area contributed by atoms with Gasteiger partial charge < -0.3 is 9.30 Å². The molecule has 0 aliphatic heterocycles. The minimum absolute atomic E-state index is 0.836. The molecule has 2 heterocycles. The summed E-state index contributed by atoms with van der Waals surface area (Å²) in [4.78, 5) is 0. The van der Waals surface area contributed by atoms with Crippen LogP contribution in [0.3, 0.4) is 0 Å². The molecule has 0 saturated heterocycles. The molecule has 0 amide bonds. The molecular weight excluding hydrogens is 322 g/mol. The van der Waals surface area contributed by atoms with E-state index in [0.717, 1.165) is 41.0 Å². The van der Waals surface area contributed by atoms with Gasteiger partial charge in [-0.15, -0.1) is 10.2 Å². The molecule has 24 heavy (non-hydrogen) atoms. The van der Waals surface area contributed by atoms with Gasteiger partial charge in [0, 0.05) is 36.8 Å². The van der Waals surface area contributed by atoms with Gasteiger partial charge in [0.05, 0.1) is 7.11 Å². The number of aromatic nitrogens is 5. The van der Waals surface area contributed by atoms with Crippen molar-refractivity contribution in [2.24, 2.45) is 7.05 Å². The molecule has 0 unspecified atom stereocenters. The fourth-order valence-corrected chi connectivity index (χ4v) is 3.49. The van der Waals surface area contributed by atoms with Crippen molar-refractivity contribution in [1.29, 1.82) is 0 Å². The number of hydrogen-bond acceptors (Lipinski definition) is 5. The molecule has 1 aromatic carbocycles. The first-order chi connectivity index (χ1) is 11.7. The van der Waals surface area contributed by atoms with Crippen LogP contribution in [-0.2, 0) is 20.0 Å². The third-order valence-corrected chi connectivity index (χ3v) is 4.86. The van der Waals surface area contributed by atoms with Crippen molar-refractivity contribution in [2.45, 2.75) is 25.0 Å². The van der Waals surface area contributed by atoms with Crippen LogP contribution in [0.15, 0.2) is 41.7 Å². The Morgan fingerprint density at radius 3 is 2.54 bits per heavy atom. The summed E-state index contributed by atoms with van der Waals surface area (Å²) in [6.07, 6.45) is 2.78. The highest BCUT2D eigenvalue weighted by Gasteiger charge is 2.13. The van der Waals surface area contributed by atoms with Gasteiger partial charge in [0.25, 0.3) is 0 Å². The maximum Gasteiger partial charge on any atom is 0.191 e. The van der Waals surface area contributed by atoms with Gasteiger partial charge in [-0.1, -0.05) is 11.8 Å². The lowest BCUT2D eigenvalue weighted by atomic mass is 10.2. The third kappa shape index (κ3) is 3.46. The Balaban J connectivity index is 1.72. The normalized spacial score (nSPS) is 11.0. The van der Waals surface area contributed by atoms with E-state index in [-0.39, 0.29) is 0 Å². The fourth-order valence-electron chi connectivity index (χ4n) is 2.53. The Morgan fingerprint density at radius 2 is 1.92 bits per heavy atom. The van der Waals surface area contributed by atoms with Crippen molar-refractivity contribution in [3.05, 3.63) is 42.2 Å². The van der Waals surface area contributed by atoms with E-state index in [4.69, 9.17) is 4.74 Å². The molecule has 0 aliphatic carbocycles. The molecule has 0 atom stereocenters. The van der Waals surface area contributed by atoms with Gasteiger partial charge in [0.1, 0.15) is 5.75 Å². The Morgan fingerprint density at radius 1 is 1.12 bits per heavy atom. The molecule has 0 saturated carbocycles. The number of rotatable bonds is 7. The molecule has 126 valence electrons. The van der Waals surface area contributed by atoms with Crippen LogP contribution < -0.4 is 4.74 Å². The second kappa shape index (κ2) is 7.53. The number of ether oxygens (including phenoxy) is 1. The molecule has 0 fully saturated rings. The quantitative estimate of drug-likeness (QED) is 0.617. The van der Waals surface area contributed by atoms with Crippen LogP contribution in [-0.4, -0.2) is 37.4 Å². The molecule has 2 aromatic heterocycles. The number of nitrogens with zero attached hydrogens (tertiary/aromatic N) is 5. The van der Waals surface area contributed by atoms with Gasteiger partial charge in [-0.3, -0.25) is 4.68 Å². The Bertz CT molecular complexity index is 794. The standard InChI is InChI=1S/C17H21N5OS/c1-4-22-16(13-5-7-15(23-3)8-6-13)19-20-17(22)24-12-10-14-9-11-18-21(14)2/h5-9,11H,4,10,12H2,1-3H3. The van der Waals surface area contributed by atoms with Crippen molar-refractivity contribution >= 4 is 11.8 Å². The monoisotopic (exact) mass is 343 g/mol. The molecule has 6 nitrogen and oxygen atoms in total. The van der Waals surface area contributed by atoms with E-state index in [9.17, 15) is 0 Å². The molecule has 0 spiro atoms. The molecule has 0 radical (unpaired) electrons. The first kappa shape index (κ1) is 16.6. The van der Waals surface area contributed by atoms with Crippen LogP contribution in [0.5, 0.6) is 5.75 Å². The molecule has 3 rings (SSSR count). The number of hydrogen-bond donors (Lipinski definition) is 0. The van der Waals surface area contributed by atoms with Crippen LogP contribution in [0.25, 0.3) is 11.4 Å². The fraction of sp³-hybridized carbons (Fsp3) is 0.353. The van der Waals surface area contributed by atoms with Crippen molar-refractivity contribution in [3.63, 3.8) is 0 Å². The van der Waals surface area contributed by atoms with Crippen LogP contribution in [0.4, 0.5) is 0 Å². The predicted molar refractivity (Wildman–Crippen MR) is 95.3 cm³/mol. The molecular formula is C17H21N5OS. The number of aryl methyl sites for hydroxylation is 2. The van der Waals surface area contributed by atoms with E-state index in [2.05, 4.69) is 26.8 Å². The van der Waals surface area contributed by atoms with Crippen LogP contribution >= 0.6 is 11.8 Å². The lowest BCUT2D eigenvalue weighted by molar-refractivity contribution is 0.415. The van der Waals surface area contributed by atoms with Gasteiger partial charge in [-0.25, -0.2) is 0 Å². The lowest BCUT2D eigenvalue weighted by Gasteiger charge is -2.08. The first-order valence-corrected chi connectivity index (χ1v) is 8.88. The van der Waals surface area contributed by atoms with Crippen molar-refractivity contribution in [3.8, 4) is 17.1 Å². The highest BCUT2D eigenvalue weighted by Crippen LogP contribution is 2.25. The molecule has 3 aromatic rings. The van der Waals surface area contributed by atoms with E-state index in [0.29, 0.717) is 0 Å². The van der Waals surface area contributed by atoms with E-state index >= 15 is 0 Å². The second-order valence-corrected chi connectivity index (χ2v) is 6.39. The van der Waals surface area contributed by atoms with Gasteiger partial charge in [0.15, 0.2) is 11.0 Å². The van der Waals surface area contributed by atoms with Gasteiger partial charge in [-0.05, 0) is 43.7 Å². The summed E-state index contributed by atoms with van der Waals surface area (Å²) >= 11 is 1.73. The molecule has 0 aliphatic rings. The highest BCUT2D eigenvalue weighted by atomic mass is 32.2. The maximum absolute atomic E-state index is 5.21. The SMILES string of the molecule is CCn1c(SCCc2ccnn2C)nnc1-c1ccc(OC)cc1. The van der Waals surface area contributed by atoms with E-state index in [1.165, 1.54) is 5.69 Å². The number of benzene rings is 1. The van der Waals surface area contributed by atoms with Crippen molar-refractivity contribution < 1.29 is 4.74 Å². The van der Waals surface area contributed by atoms with Gasteiger partial charge in [0.2, 0.25) is 0 Å². The van der Waals surface area contributed by atoms with Crippen LogP contribution in [0.2, 0.25) is 0 Å². The maximum atomic E-state index is 5.21. The Hall–Kier alpha value is -2.28. The molecule has 0 bridgehead atoms. The zero-order valence-electron chi connectivity index (χ0n) is 14.1. The Kier molecular flexibility index (Phi) is 5.20. The summed E-state index contributed by atoms with van der Waals surface area (Å²) in [5.41, 5.74) is 2.27. The summed E-state index contributed by atoms with van der Waals surface area (Å²) in [5, 5.41) is 13.9. The zero-order valence-corrected chi connectivity index (χ0v) is 15.0. The van der Waals surface area contributed by atoms with E-state index in [1.54, 1.807) is 18.9 Å². The molecule has 7 heteroatoms. The highest BCUT2D eigenvalue weighted by molar-refractivity contribution is 7.99. The van der Waals surface area contributed by atoms with Crippen molar-refractivity contribution in [1.82, 2.24) is 24.5 Å². The zero-order chi connectivity index (χ0) is 16.9. The second-order valence-electron chi connectivity index (χ2n) is 5.32. The summed E-state index contributed by atoms with van der Waals surface area (Å²) in [5.74, 6) is 2.68. The topological polar surface area (TPSA) is 57.8 Å². The average Bonchev–Trinajstić information content (AvgIpc) is 3.21. The molecule has 0 N–H and O–H groups in total. The average molecular weight is 343 g/mol. The summed E-state index contributed by atoms with van der Waals surface area (Å²) in [6.45, 7) is 2.95. The summed E-state index contributed by atoms with van der Waals surface area (Å²) in [7, 11) is 3.64. The third-order valence-electron chi connectivity index (χ3n) is 3.89. The Labute approximate surface area is 145 Å². The summed E-state index contributed by atoms with van der Waals surface area (Å²) in [6, 6.07) is 9.96. The van der Waals surface area contributed by atoms with Crippen LogP contribution in [0, 0.1) is 0 Å². The number of methoxy groups -OCH3 is 1. The number of thioether (sulfide) groups is 1. The first-order valence-electron chi connectivity index (χ1n) is 7.90. The minimum atomic E-state index is 0.836. The van der Waals surface area contributed by atoms with Gasteiger partial charge in [-0.2, -0.15) is 5.10 Å². The smallest absolute Gasteiger partial charge is 0.191 e. The van der Waals surface area contributed by atoms with Crippen molar-refractivity contribution in [2.75, 3.05) is 12.9 Å². The van der Waals surface area contributed by atoms with Gasteiger partial charge >= 0.3 is 0 Å². The van der Waals surface area contributed by atoms with Crippen LogP contribution in [0.1, 0.15) is 12.6 Å². The predicted octanol–water partition coefficient (Wildman–Crippen LogP) is 3.04. The summed E-state index contributed by atoms with van der Waals surface area (Å²) < 4.78 is 9.27.